The van der Waals surface area contributed by atoms with Crippen molar-refractivity contribution in [3.8, 4) is 6.07 Å². The van der Waals surface area contributed by atoms with Gasteiger partial charge in [0.2, 0.25) is 0 Å². The van der Waals surface area contributed by atoms with Gasteiger partial charge in [0.1, 0.15) is 11.9 Å². The molecule has 0 aromatic carbocycles. The first kappa shape index (κ1) is 13.9. The Bertz CT molecular complexity index is 799. The third kappa shape index (κ3) is 2.33. The number of rotatable bonds is 4. The van der Waals surface area contributed by atoms with Crippen LogP contribution >= 0.6 is 0 Å². The van der Waals surface area contributed by atoms with Crippen molar-refractivity contribution in [3.05, 3.63) is 29.7 Å². The highest BCUT2D eigenvalue weighted by molar-refractivity contribution is 5.51. The summed E-state index contributed by atoms with van der Waals surface area (Å²) in [4.78, 5) is 15.6. The smallest absolute Gasteiger partial charge is 0.183 e. The van der Waals surface area contributed by atoms with Gasteiger partial charge in [0.05, 0.1) is 0 Å². The van der Waals surface area contributed by atoms with Gasteiger partial charge < -0.3 is 4.90 Å². The second-order valence-corrected chi connectivity index (χ2v) is 7.21. The minimum absolute atomic E-state index is 0.339. The van der Waals surface area contributed by atoms with E-state index in [9.17, 15) is 5.26 Å². The van der Waals surface area contributed by atoms with Gasteiger partial charge in [-0.3, -0.25) is 5.10 Å². The Morgan fingerprint density at radius 1 is 1.12 bits per heavy atom. The van der Waals surface area contributed by atoms with Crippen LogP contribution in [0.3, 0.4) is 0 Å². The molecule has 2 aromatic heterocycles. The van der Waals surface area contributed by atoms with E-state index in [1.54, 1.807) is 12.4 Å². The van der Waals surface area contributed by atoms with Crippen LogP contribution in [0.4, 0.5) is 5.82 Å². The molecule has 0 spiro atoms. The zero-order valence-corrected chi connectivity index (χ0v) is 13.4. The molecular weight excluding hydrogens is 302 g/mol. The maximum Gasteiger partial charge on any atom is 0.183 e. The molecular formula is C17H19N7. The first-order chi connectivity index (χ1) is 11.8. The molecule has 1 N–H and O–H groups in total. The number of aromatic amines is 1. The largest absolute Gasteiger partial charge is 0.353 e. The molecule has 122 valence electrons. The van der Waals surface area contributed by atoms with Crippen molar-refractivity contribution in [1.82, 2.24) is 25.1 Å². The van der Waals surface area contributed by atoms with E-state index in [0.29, 0.717) is 29.3 Å². The summed E-state index contributed by atoms with van der Waals surface area (Å²) >= 11 is 0. The number of nitrogens with one attached hydrogen (secondary N) is 1. The second-order valence-electron chi connectivity index (χ2n) is 7.21. The molecule has 0 unspecified atom stereocenters. The minimum Gasteiger partial charge on any atom is -0.353 e. The summed E-state index contributed by atoms with van der Waals surface area (Å²) in [6.45, 7) is 1.75. The second kappa shape index (κ2) is 5.26. The lowest BCUT2D eigenvalue weighted by atomic mass is 9.91. The number of nitrogens with zero attached hydrogens (tertiary/aromatic N) is 6. The minimum atomic E-state index is 0.339. The van der Waals surface area contributed by atoms with Gasteiger partial charge in [-0.05, 0) is 37.5 Å². The molecule has 2 saturated carbocycles. The highest BCUT2D eigenvalue weighted by atomic mass is 15.3. The summed E-state index contributed by atoms with van der Waals surface area (Å²) in [7, 11) is 0. The molecule has 3 heterocycles. The van der Waals surface area contributed by atoms with Crippen molar-refractivity contribution in [2.75, 3.05) is 18.0 Å². The van der Waals surface area contributed by atoms with Crippen LogP contribution in [0.1, 0.15) is 54.9 Å². The van der Waals surface area contributed by atoms with Crippen molar-refractivity contribution in [2.24, 2.45) is 11.8 Å². The van der Waals surface area contributed by atoms with Gasteiger partial charge in [-0.2, -0.15) is 10.4 Å². The maximum absolute atomic E-state index is 9.31. The molecule has 2 aromatic rings. The summed E-state index contributed by atoms with van der Waals surface area (Å²) in [5.41, 5.74) is 0.406. The zero-order valence-electron chi connectivity index (χ0n) is 13.4. The van der Waals surface area contributed by atoms with Gasteiger partial charge in [0, 0.05) is 37.3 Å². The van der Waals surface area contributed by atoms with E-state index in [1.807, 2.05) is 0 Å². The number of H-pyrrole nitrogens is 1. The number of anilines is 1. The van der Waals surface area contributed by atoms with E-state index in [-0.39, 0.29) is 0 Å². The number of nitriles is 1. The van der Waals surface area contributed by atoms with Gasteiger partial charge in [-0.15, -0.1) is 0 Å². The third-order valence-corrected chi connectivity index (χ3v) is 5.49. The average Bonchev–Trinajstić information content (AvgIpc) is 3.55. The molecule has 2 aliphatic carbocycles. The van der Waals surface area contributed by atoms with Gasteiger partial charge in [-0.1, -0.05) is 0 Å². The van der Waals surface area contributed by atoms with Crippen LogP contribution in [0.25, 0.3) is 0 Å². The Kier molecular flexibility index (Phi) is 3.05. The number of hydrogen-bond acceptors (Lipinski definition) is 6. The molecule has 3 fully saturated rings. The van der Waals surface area contributed by atoms with Crippen LogP contribution in [0.5, 0.6) is 0 Å². The number of hydrogen-bond donors (Lipinski definition) is 1. The summed E-state index contributed by atoms with van der Waals surface area (Å²) in [5.74, 6) is 4.92. The monoisotopic (exact) mass is 321 g/mol. The van der Waals surface area contributed by atoms with Crippen molar-refractivity contribution >= 4 is 5.82 Å². The lowest BCUT2D eigenvalue weighted by molar-refractivity contribution is 0.444. The predicted octanol–water partition coefficient (Wildman–Crippen LogP) is 1.97. The van der Waals surface area contributed by atoms with Crippen LogP contribution in [0, 0.1) is 23.2 Å². The summed E-state index contributed by atoms with van der Waals surface area (Å²) in [6.07, 6.45) is 8.26. The van der Waals surface area contributed by atoms with Gasteiger partial charge in [0.25, 0.3) is 0 Å². The first-order valence-electron chi connectivity index (χ1n) is 8.71. The summed E-state index contributed by atoms with van der Waals surface area (Å²) in [6, 6.07) is 2.16. The van der Waals surface area contributed by atoms with Gasteiger partial charge in [0.15, 0.2) is 17.3 Å². The van der Waals surface area contributed by atoms with Crippen molar-refractivity contribution in [1.29, 1.82) is 5.26 Å². The Morgan fingerprint density at radius 2 is 1.96 bits per heavy atom. The third-order valence-electron chi connectivity index (χ3n) is 5.49. The van der Waals surface area contributed by atoms with Crippen LogP contribution in [0.2, 0.25) is 0 Å². The molecule has 1 aliphatic heterocycles. The van der Waals surface area contributed by atoms with Gasteiger partial charge >= 0.3 is 0 Å². The maximum atomic E-state index is 9.31. The molecule has 2 atom stereocenters. The van der Waals surface area contributed by atoms with Crippen molar-refractivity contribution in [3.63, 3.8) is 0 Å². The normalized spacial score (nSPS) is 26.5. The fourth-order valence-corrected chi connectivity index (χ4v) is 3.91. The predicted molar refractivity (Wildman–Crippen MR) is 86.3 cm³/mol. The van der Waals surface area contributed by atoms with E-state index in [2.05, 4.69) is 31.1 Å². The lowest BCUT2D eigenvalue weighted by Crippen LogP contribution is -2.22. The van der Waals surface area contributed by atoms with E-state index in [0.717, 1.165) is 30.7 Å². The topological polar surface area (TPSA) is 94.4 Å². The molecule has 0 amide bonds. The fraction of sp³-hybridized carbons (Fsp3) is 0.588. The SMILES string of the molecule is N#Cc1nccnc1N1C[C@H](c2nc(C3CC3)n[nH]2)[C@@H](C2CC2)C1. The molecule has 0 radical (unpaired) electrons. The highest BCUT2D eigenvalue weighted by Gasteiger charge is 2.45. The molecule has 3 aliphatic rings. The molecule has 7 heteroatoms. The van der Waals surface area contributed by atoms with Crippen LogP contribution in [0.15, 0.2) is 12.4 Å². The molecule has 0 bridgehead atoms. The van der Waals surface area contributed by atoms with E-state index >= 15 is 0 Å². The summed E-state index contributed by atoms with van der Waals surface area (Å²) < 4.78 is 0. The van der Waals surface area contributed by atoms with E-state index < -0.39 is 0 Å². The molecule has 7 nitrogen and oxygen atoms in total. The van der Waals surface area contributed by atoms with E-state index in [4.69, 9.17) is 4.98 Å². The Hall–Kier alpha value is -2.49. The van der Waals surface area contributed by atoms with Gasteiger partial charge in [-0.25, -0.2) is 15.0 Å². The summed E-state index contributed by atoms with van der Waals surface area (Å²) in [5, 5.41) is 16.9. The Morgan fingerprint density at radius 3 is 2.71 bits per heavy atom. The van der Waals surface area contributed by atoms with Crippen molar-refractivity contribution < 1.29 is 0 Å². The van der Waals surface area contributed by atoms with Crippen LogP contribution in [-0.4, -0.2) is 38.2 Å². The van der Waals surface area contributed by atoms with E-state index in [1.165, 1.54) is 25.7 Å². The Balaban J connectivity index is 1.45. The standard InChI is InChI=1S/C17H19N7/c18-7-14-17(20-6-5-19-14)24-8-12(10-1-2-10)13(9-24)16-21-15(22-23-16)11-3-4-11/h5-6,10-13H,1-4,8-9H2,(H,21,22,23)/t12-,13+/m1/s1. The Labute approximate surface area is 140 Å². The first-order valence-corrected chi connectivity index (χ1v) is 8.71. The lowest BCUT2D eigenvalue weighted by Gasteiger charge is -2.17. The average molecular weight is 321 g/mol. The quantitative estimate of drug-likeness (QED) is 0.925. The molecule has 5 rings (SSSR count). The van der Waals surface area contributed by atoms with Crippen LogP contribution in [-0.2, 0) is 0 Å². The van der Waals surface area contributed by atoms with Crippen molar-refractivity contribution in [2.45, 2.75) is 37.5 Å². The van der Waals surface area contributed by atoms with Crippen LogP contribution < -0.4 is 4.90 Å². The molecule has 1 saturated heterocycles. The highest BCUT2D eigenvalue weighted by Crippen LogP contribution is 2.48. The zero-order chi connectivity index (χ0) is 16.1. The number of aromatic nitrogens is 5. The molecule has 24 heavy (non-hydrogen) atoms. The fourth-order valence-electron chi connectivity index (χ4n) is 3.91.